The second-order valence-electron chi connectivity index (χ2n) is 8.24. The summed E-state index contributed by atoms with van der Waals surface area (Å²) in [5.74, 6) is -0.359. The first-order chi connectivity index (χ1) is 16.3. The smallest absolute Gasteiger partial charge is 0.258 e. The van der Waals surface area contributed by atoms with Gasteiger partial charge >= 0.3 is 0 Å². The number of amides is 2. The molecule has 3 aromatic carbocycles. The average Bonchev–Trinajstić information content (AvgIpc) is 3.12. The van der Waals surface area contributed by atoms with Gasteiger partial charge in [-0.2, -0.15) is 4.31 Å². The third-order valence-electron chi connectivity index (χ3n) is 6.23. The molecule has 0 radical (unpaired) electrons. The van der Waals surface area contributed by atoms with Crippen molar-refractivity contribution in [1.29, 1.82) is 0 Å². The molecule has 8 heteroatoms. The van der Waals surface area contributed by atoms with Gasteiger partial charge in [0.1, 0.15) is 0 Å². The number of unbranched alkanes of at least 4 members (excludes halogenated alkanes) is 1. The van der Waals surface area contributed by atoms with E-state index in [4.69, 9.17) is 0 Å². The lowest BCUT2D eigenvalue weighted by molar-refractivity contribution is 0.0991. The summed E-state index contributed by atoms with van der Waals surface area (Å²) in [7, 11) is -3.59. The Balaban J connectivity index is 1.62. The number of hydrogen-bond acceptors (Lipinski definition) is 4. The molecule has 0 atom stereocenters. The first-order valence-corrected chi connectivity index (χ1v) is 13.1. The maximum absolute atomic E-state index is 13.0. The van der Waals surface area contributed by atoms with Crippen LogP contribution in [0.15, 0.2) is 59.5 Å². The second kappa shape index (κ2) is 9.56. The van der Waals surface area contributed by atoms with Gasteiger partial charge in [0.05, 0.1) is 10.6 Å². The van der Waals surface area contributed by atoms with Gasteiger partial charge in [0.2, 0.25) is 10.0 Å². The zero-order chi connectivity index (χ0) is 24.5. The summed E-state index contributed by atoms with van der Waals surface area (Å²) in [5, 5.41) is 4.58. The Morgan fingerprint density at radius 3 is 2.32 bits per heavy atom. The van der Waals surface area contributed by atoms with E-state index in [1.165, 1.54) is 28.6 Å². The number of sulfonamides is 1. The van der Waals surface area contributed by atoms with Crippen molar-refractivity contribution >= 4 is 44.0 Å². The molecular weight excluding hydrogens is 450 g/mol. The second-order valence-corrected chi connectivity index (χ2v) is 10.2. The third kappa shape index (κ3) is 4.08. The normalized spacial score (nSPS) is 13.2. The van der Waals surface area contributed by atoms with Gasteiger partial charge in [-0.15, -0.1) is 0 Å². The number of anilines is 2. The molecule has 0 fully saturated rings. The van der Waals surface area contributed by atoms with Gasteiger partial charge in [-0.1, -0.05) is 39.3 Å². The number of carbonyl (C=O) groups excluding carboxylic acids is 2. The summed E-state index contributed by atoms with van der Waals surface area (Å²) < 4.78 is 26.8. The average molecular weight is 480 g/mol. The Morgan fingerprint density at radius 1 is 0.971 bits per heavy atom. The van der Waals surface area contributed by atoms with Gasteiger partial charge in [0, 0.05) is 47.2 Å². The van der Waals surface area contributed by atoms with Crippen molar-refractivity contribution in [1.82, 2.24) is 4.31 Å². The van der Waals surface area contributed by atoms with Gasteiger partial charge in [-0.25, -0.2) is 8.42 Å². The first kappa shape index (κ1) is 23.9. The molecule has 1 heterocycles. The number of nitrogens with one attached hydrogen (secondary N) is 1. The van der Waals surface area contributed by atoms with Crippen molar-refractivity contribution in [2.45, 2.75) is 38.5 Å². The van der Waals surface area contributed by atoms with Crippen LogP contribution in [0.2, 0.25) is 0 Å². The van der Waals surface area contributed by atoms with Gasteiger partial charge in [0.15, 0.2) is 0 Å². The molecule has 178 valence electrons. The molecule has 2 amide bonds. The van der Waals surface area contributed by atoms with E-state index in [0.29, 0.717) is 36.4 Å². The molecule has 0 spiro atoms. The minimum Gasteiger partial charge on any atom is -0.321 e. The number of nitrogens with zero attached hydrogens (tertiary/aromatic N) is 2. The molecule has 0 aliphatic carbocycles. The Hall–Kier alpha value is -3.23. The lowest BCUT2D eigenvalue weighted by atomic mass is 10.0. The van der Waals surface area contributed by atoms with Crippen molar-refractivity contribution < 1.29 is 18.0 Å². The highest BCUT2D eigenvalue weighted by molar-refractivity contribution is 7.89. The summed E-state index contributed by atoms with van der Waals surface area (Å²) >= 11 is 0. The molecule has 3 aromatic rings. The quantitative estimate of drug-likeness (QED) is 0.474. The molecule has 7 nitrogen and oxygen atoms in total. The molecule has 0 saturated carbocycles. The van der Waals surface area contributed by atoms with Crippen LogP contribution in [0.1, 0.15) is 54.3 Å². The topological polar surface area (TPSA) is 86.8 Å². The summed E-state index contributed by atoms with van der Waals surface area (Å²) in [4.78, 5) is 27.9. The van der Waals surface area contributed by atoms with Gasteiger partial charge in [-0.3, -0.25) is 9.59 Å². The summed E-state index contributed by atoms with van der Waals surface area (Å²) in [6, 6.07) is 15.2. The third-order valence-corrected chi connectivity index (χ3v) is 8.29. The minimum absolute atomic E-state index is 0.0115. The van der Waals surface area contributed by atoms with E-state index in [9.17, 15) is 18.0 Å². The summed E-state index contributed by atoms with van der Waals surface area (Å²) in [6.07, 6.45) is 1.91. The molecule has 1 aliphatic rings. The van der Waals surface area contributed by atoms with E-state index in [1.807, 2.05) is 35.2 Å². The number of hydrogen-bond donors (Lipinski definition) is 1. The fourth-order valence-electron chi connectivity index (χ4n) is 4.38. The zero-order valence-corrected chi connectivity index (χ0v) is 20.5. The number of benzene rings is 3. The van der Waals surface area contributed by atoms with E-state index in [-0.39, 0.29) is 16.7 Å². The molecular formula is C26H29N3O4S. The Kier molecular flexibility index (Phi) is 6.72. The number of carbonyl (C=O) groups is 2. The van der Waals surface area contributed by atoms with Crippen molar-refractivity contribution in [3.8, 4) is 0 Å². The van der Waals surface area contributed by atoms with E-state index in [0.717, 1.165) is 29.3 Å². The maximum atomic E-state index is 13.0. The van der Waals surface area contributed by atoms with E-state index in [1.54, 1.807) is 13.8 Å². The molecule has 1 aliphatic heterocycles. The highest BCUT2D eigenvalue weighted by Crippen LogP contribution is 2.40. The van der Waals surface area contributed by atoms with E-state index < -0.39 is 10.0 Å². The lowest BCUT2D eigenvalue weighted by Crippen LogP contribution is -2.30. The molecule has 0 unspecified atom stereocenters. The minimum atomic E-state index is -3.59. The first-order valence-electron chi connectivity index (χ1n) is 11.6. The van der Waals surface area contributed by atoms with Crippen LogP contribution in [-0.2, 0) is 10.0 Å². The zero-order valence-electron chi connectivity index (χ0n) is 19.7. The van der Waals surface area contributed by atoms with E-state index in [2.05, 4.69) is 12.2 Å². The van der Waals surface area contributed by atoms with Gasteiger partial charge < -0.3 is 10.2 Å². The van der Waals surface area contributed by atoms with Gasteiger partial charge in [-0.05, 0) is 48.9 Å². The Morgan fingerprint density at radius 2 is 1.68 bits per heavy atom. The Labute approximate surface area is 200 Å². The van der Waals surface area contributed by atoms with Crippen LogP contribution in [0.25, 0.3) is 10.8 Å². The largest absolute Gasteiger partial charge is 0.321 e. The van der Waals surface area contributed by atoms with Crippen LogP contribution in [0.3, 0.4) is 0 Å². The fourth-order valence-corrected chi connectivity index (χ4v) is 5.84. The highest BCUT2D eigenvalue weighted by Gasteiger charge is 2.30. The summed E-state index contributed by atoms with van der Waals surface area (Å²) in [6.45, 7) is 7.09. The predicted molar refractivity (Wildman–Crippen MR) is 135 cm³/mol. The molecule has 0 saturated heterocycles. The Bertz CT molecular complexity index is 1350. The van der Waals surface area contributed by atoms with Crippen LogP contribution in [0.4, 0.5) is 11.4 Å². The van der Waals surface area contributed by atoms with Crippen molar-refractivity contribution in [3.05, 3.63) is 65.7 Å². The van der Waals surface area contributed by atoms with Gasteiger partial charge in [0.25, 0.3) is 11.8 Å². The van der Waals surface area contributed by atoms with Crippen LogP contribution < -0.4 is 10.2 Å². The lowest BCUT2D eigenvalue weighted by Gasteiger charge is -2.18. The highest BCUT2D eigenvalue weighted by atomic mass is 32.2. The molecule has 1 N–H and O–H groups in total. The van der Waals surface area contributed by atoms with Crippen LogP contribution in [-0.4, -0.2) is 44.2 Å². The molecule has 34 heavy (non-hydrogen) atoms. The fraction of sp³-hybridized carbons (Fsp3) is 0.308. The molecule has 4 rings (SSSR count). The van der Waals surface area contributed by atoms with Crippen molar-refractivity contribution in [3.63, 3.8) is 0 Å². The SMILES string of the molecule is CCCCN1C(=O)c2cccc3c(NC(=O)c4ccc(S(=O)(=O)N(CC)CC)cc4)ccc1c23. The maximum Gasteiger partial charge on any atom is 0.258 e. The van der Waals surface area contributed by atoms with Crippen LogP contribution in [0, 0.1) is 0 Å². The van der Waals surface area contributed by atoms with E-state index >= 15 is 0 Å². The summed E-state index contributed by atoms with van der Waals surface area (Å²) in [5.41, 5.74) is 2.47. The monoisotopic (exact) mass is 479 g/mol. The standard InChI is InChI=1S/C26H29N3O4S/c1-4-7-17-29-23-16-15-22(20-9-8-10-21(24(20)23)26(29)31)27-25(30)18-11-13-19(14-12-18)34(32,33)28(5-2)6-3/h8-16H,4-7,17H2,1-3H3,(H,27,30). The van der Waals surface area contributed by atoms with Crippen LogP contribution in [0.5, 0.6) is 0 Å². The van der Waals surface area contributed by atoms with Crippen molar-refractivity contribution in [2.75, 3.05) is 29.9 Å². The molecule has 0 aromatic heterocycles. The van der Waals surface area contributed by atoms with Crippen LogP contribution >= 0.6 is 0 Å². The molecule has 0 bridgehead atoms. The number of rotatable bonds is 9. The van der Waals surface area contributed by atoms with Crippen molar-refractivity contribution in [2.24, 2.45) is 0 Å². The predicted octanol–water partition coefficient (Wildman–Crippen LogP) is 4.88.